The number of unbranched alkanes of at least 4 members (excludes halogenated alkanes) is 22. The molecule has 0 radical (unpaired) electrons. The summed E-state index contributed by atoms with van der Waals surface area (Å²) in [4.78, 5) is 73.1. The number of aliphatic hydroxyl groups is 1. The van der Waals surface area contributed by atoms with Crippen LogP contribution in [0.4, 0.5) is 0 Å². The molecule has 2 unspecified atom stereocenters. The van der Waals surface area contributed by atoms with Gasteiger partial charge in [0.15, 0.2) is 12.2 Å². The Bertz CT molecular complexity index is 2710. The third-order valence-electron chi connectivity index (χ3n) is 16.7. The summed E-state index contributed by atoms with van der Waals surface area (Å²) in [7, 11) is -10.0. The molecule has 0 aromatic heterocycles. The average Bonchev–Trinajstić information content (AvgIpc) is 0.914. The zero-order chi connectivity index (χ0) is 78.9. The first kappa shape index (κ1) is 102. The van der Waals surface area contributed by atoms with Gasteiger partial charge in [-0.05, 0) is 154 Å². The quantitative estimate of drug-likeness (QED) is 0.0169. The summed E-state index contributed by atoms with van der Waals surface area (Å²) in [6.07, 6.45) is 95.0. The van der Waals surface area contributed by atoms with Gasteiger partial charge in [0.25, 0.3) is 0 Å². The van der Waals surface area contributed by atoms with Crippen molar-refractivity contribution in [3.63, 3.8) is 0 Å². The second-order valence-corrected chi connectivity index (χ2v) is 29.8. The normalized spacial score (nSPS) is 14.7. The molecule has 0 aromatic carbocycles. The number of rotatable bonds is 76. The smallest absolute Gasteiger partial charge is 0.462 e. The molecule has 5 atom stereocenters. The van der Waals surface area contributed by atoms with Crippen LogP contribution in [0.2, 0.25) is 0 Å². The maximum Gasteiger partial charge on any atom is 0.472 e. The van der Waals surface area contributed by atoms with Crippen LogP contribution in [-0.4, -0.2) is 96.7 Å². The van der Waals surface area contributed by atoms with Crippen molar-refractivity contribution in [1.29, 1.82) is 0 Å². The highest BCUT2D eigenvalue weighted by Crippen LogP contribution is 2.45. The van der Waals surface area contributed by atoms with Crippen molar-refractivity contribution >= 4 is 39.5 Å². The molecular formula is C89H146O17P2. The Balaban J connectivity index is 5.52. The van der Waals surface area contributed by atoms with Gasteiger partial charge >= 0.3 is 39.5 Å². The highest BCUT2D eigenvalue weighted by Gasteiger charge is 2.30. The molecule has 17 nitrogen and oxygen atoms in total. The molecule has 0 aromatic rings. The summed E-state index contributed by atoms with van der Waals surface area (Å²) >= 11 is 0. The third kappa shape index (κ3) is 78.5. The van der Waals surface area contributed by atoms with Gasteiger partial charge in [-0.15, -0.1) is 0 Å². The fourth-order valence-corrected chi connectivity index (χ4v) is 12.0. The van der Waals surface area contributed by atoms with E-state index in [9.17, 15) is 43.2 Å². The summed E-state index contributed by atoms with van der Waals surface area (Å²) in [5.74, 6) is -2.39. The summed E-state index contributed by atoms with van der Waals surface area (Å²) < 4.78 is 68.5. The van der Waals surface area contributed by atoms with Crippen molar-refractivity contribution in [3.8, 4) is 0 Å². The Hall–Kier alpha value is -5.58. The van der Waals surface area contributed by atoms with Crippen LogP contribution in [0, 0.1) is 0 Å². The predicted molar refractivity (Wildman–Crippen MR) is 445 cm³/mol. The SMILES string of the molecule is CC/C=C\C/C=C\C/C=C\C/C=C\C/C=C\C/C=C\CCC(=O)OC[C@H](COP(=O)(O)OC[C@@H](O)COP(=O)(O)OC[C@@H](COC(=O)CCCCCCCCC/C=C\CCCCCC)OC(=O)CC/C=C\C/C=C\C/C=C\C/C=C\C/C=C\C/C=C\CC)OC(=O)CCCCCCC/C=C\CCCCCCCC. The number of hydrogen-bond acceptors (Lipinski definition) is 15. The number of ether oxygens (including phenoxy) is 4. The topological polar surface area (TPSA) is 237 Å². The second-order valence-electron chi connectivity index (χ2n) is 26.9. The van der Waals surface area contributed by atoms with Crippen LogP contribution in [0.25, 0.3) is 0 Å². The molecule has 0 aliphatic carbocycles. The highest BCUT2D eigenvalue weighted by atomic mass is 31.2. The third-order valence-corrected chi connectivity index (χ3v) is 18.6. The van der Waals surface area contributed by atoms with E-state index < -0.39 is 97.5 Å². The van der Waals surface area contributed by atoms with E-state index >= 15 is 0 Å². The van der Waals surface area contributed by atoms with Crippen molar-refractivity contribution in [1.82, 2.24) is 0 Å². The fraction of sp³-hybridized carbons (Fsp3) is 0.640. The van der Waals surface area contributed by atoms with E-state index in [0.717, 1.165) is 154 Å². The minimum atomic E-state index is -5.01. The lowest BCUT2D eigenvalue weighted by molar-refractivity contribution is -0.161. The monoisotopic (exact) mass is 1550 g/mol. The molecule has 0 aliphatic rings. The van der Waals surface area contributed by atoms with E-state index in [1.165, 1.54) is 64.2 Å². The van der Waals surface area contributed by atoms with Crippen LogP contribution in [0.5, 0.6) is 0 Å². The molecule has 0 bridgehead atoms. The molecule has 108 heavy (non-hydrogen) atoms. The second kappa shape index (κ2) is 79.5. The van der Waals surface area contributed by atoms with Crippen molar-refractivity contribution < 1.29 is 80.2 Å². The predicted octanol–water partition coefficient (Wildman–Crippen LogP) is 24.6. The number of allylic oxidation sites excluding steroid dienone is 28. The van der Waals surface area contributed by atoms with Crippen molar-refractivity contribution in [2.75, 3.05) is 39.6 Å². The van der Waals surface area contributed by atoms with E-state index in [-0.39, 0.29) is 25.7 Å². The van der Waals surface area contributed by atoms with Gasteiger partial charge < -0.3 is 33.8 Å². The molecule has 0 aliphatic heterocycles. The first-order valence-electron chi connectivity index (χ1n) is 41.4. The molecule has 3 N–H and O–H groups in total. The molecule has 614 valence electrons. The molecule has 0 saturated carbocycles. The van der Waals surface area contributed by atoms with Crippen molar-refractivity contribution in [2.45, 2.75) is 329 Å². The van der Waals surface area contributed by atoms with Crippen LogP contribution >= 0.6 is 15.6 Å². The van der Waals surface area contributed by atoms with Gasteiger partial charge in [-0.1, -0.05) is 301 Å². The molecule has 0 spiro atoms. The number of esters is 4. The zero-order valence-corrected chi connectivity index (χ0v) is 69.0. The van der Waals surface area contributed by atoms with Crippen LogP contribution < -0.4 is 0 Å². The number of carbonyl (C=O) groups excluding carboxylic acids is 4. The Morgan fingerprint density at radius 1 is 0.269 bits per heavy atom. The van der Waals surface area contributed by atoms with Gasteiger partial charge in [0.2, 0.25) is 0 Å². The maximum atomic E-state index is 13.1. The summed E-state index contributed by atoms with van der Waals surface area (Å²) in [6, 6.07) is 0. The first-order valence-corrected chi connectivity index (χ1v) is 44.4. The van der Waals surface area contributed by atoms with Crippen LogP contribution in [0.1, 0.15) is 310 Å². The van der Waals surface area contributed by atoms with E-state index in [2.05, 4.69) is 161 Å². The Morgan fingerprint density at radius 2 is 0.500 bits per heavy atom. The molecule has 0 heterocycles. The lowest BCUT2D eigenvalue weighted by Crippen LogP contribution is -2.30. The largest absolute Gasteiger partial charge is 0.472 e. The minimum Gasteiger partial charge on any atom is -0.462 e. The Kier molecular flexibility index (Phi) is 75.4. The number of hydrogen-bond donors (Lipinski definition) is 3. The molecule has 0 saturated heterocycles. The van der Waals surface area contributed by atoms with Crippen LogP contribution in [0.15, 0.2) is 170 Å². The van der Waals surface area contributed by atoms with Crippen LogP contribution in [0.3, 0.4) is 0 Å². The summed E-state index contributed by atoms with van der Waals surface area (Å²) in [5.41, 5.74) is 0. The fourth-order valence-electron chi connectivity index (χ4n) is 10.4. The zero-order valence-electron chi connectivity index (χ0n) is 67.2. The highest BCUT2D eigenvalue weighted by molar-refractivity contribution is 7.47. The molecule has 0 rings (SSSR count). The van der Waals surface area contributed by atoms with Gasteiger partial charge in [0, 0.05) is 25.7 Å². The Morgan fingerprint density at radius 3 is 0.824 bits per heavy atom. The number of carbonyl (C=O) groups is 4. The van der Waals surface area contributed by atoms with E-state index in [0.29, 0.717) is 38.5 Å². The lowest BCUT2D eigenvalue weighted by Gasteiger charge is -2.21. The van der Waals surface area contributed by atoms with E-state index in [4.69, 9.17) is 37.0 Å². The van der Waals surface area contributed by atoms with Crippen molar-refractivity contribution in [2.24, 2.45) is 0 Å². The van der Waals surface area contributed by atoms with Gasteiger partial charge in [-0.25, -0.2) is 9.13 Å². The number of phosphoric acid groups is 2. The molecule has 0 amide bonds. The van der Waals surface area contributed by atoms with Gasteiger partial charge in [-0.3, -0.25) is 37.3 Å². The van der Waals surface area contributed by atoms with Crippen LogP contribution in [-0.2, 0) is 65.4 Å². The Labute approximate surface area is 654 Å². The van der Waals surface area contributed by atoms with Gasteiger partial charge in [0.05, 0.1) is 26.4 Å². The molecule has 19 heteroatoms. The van der Waals surface area contributed by atoms with E-state index in [1.807, 2.05) is 36.5 Å². The molecule has 0 fully saturated rings. The minimum absolute atomic E-state index is 0.0281. The standard InChI is InChI=1S/C89H146O17P2/c1-5-9-13-17-21-25-29-33-37-39-41-43-47-50-54-58-62-66-70-74-87(92)100-80-84(105-88(93)75-71-67-63-59-55-51-46-36-32-28-24-20-16-12-8-4)81-103-107(95,96)101-77-83(90)78-102-108(97,98)104-82-85(79-99-86(91)73-69-65-61-57-53-49-45-35-31-27-23-19-15-11-7-3)106-89(94)76-72-68-64-60-56-52-48-44-42-40-38-34-30-26-22-18-14-10-6-2/h9-10,13-14,21-22,25-27,31,33-34,36-38,41-44,46,50,52,54,56,62,64,66,68,83-85,90H,5-8,11-12,15-20,23-24,28-30,32,35,39-40,45,47-49,51,53,55,57-61,63,65,67,69-82H2,1-4H3,(H,95,96)(H,97,98)/b13-9-,14-10-,25-21-,26-22-,31-27-,37-33-,38-34-,43-41-,44-42-,46-36-,54-50-,56-52-,66-62-,68-64-/t83-,84-,85-/m1/s1. The summed E-state index contributed by atoms with van der Waals surface area (Å²) in [6.45, 7) is 4.45. The number of aliphatic hydroxyl groups excluding tert-OH is 1. The maximum absolute atomic E-state index is 13.1. The first-order chi connectivity index (χ1) is 52.7. The summed E-state index contributed by atoms with van der Waals surface area (Å²) in [5, 5.41) is 10.7. The van der Waals surface area contributed by atoms with Gasteiger partial charge in [0.1, 0.15) is 19.3 Å². The number of phosphoric ester groups is 2. The molecular weight excluding hydrogens is 1400 g/mol. The van der Waals surface area contributed by atoms with Gasteiger partial charge in [-0.2, -0.15) is 0 Å². The van der Waals surface area contributed by atoms with E-state index in [1.54, 1.807) is 0 Å². The average molecular weight is 1550 g/mol. The lowest BCUT2D eigenvalue weighted by atomic mass is 10.1. The van der Waals surface area contributed by atoms with Crippen molar-refractivity contribution in [3.05, 3.63) is 170 Å².